The number of nitrogens with two attached hydrogens (primary N) is 1. The number of para-hydroxylation sites is 2. The van der Waals surface area contributed by atoms with Gasteiger partial charge in [0.05, 0.1) is 17.1 Å². The van der Waals surface area contributed by atoms with Crippen LogP contribution in [0.2, 0.25) is 5.02 Å². The van der Waals surface area contributed by atoms with Crippen LogP contribution in [0.4, 0.5) is 0 Å². The molecule has 0 aliphatic heterocycles. The molecule has 0 saturated heterocycles. The van der Waals surface area contributed by atoms with Crippen LogP contribution in [-0.2, 0) is 13.0 Å². The van der Waals surface area contributed by atoms with E-state index in [1.54, 1.807) is 0 Å². The molecular formula is C22H20ClN3. The maximum atomic E-state index is 6.57. The molecule has 4 aromatic rings. The minimum Gasteiger partial charge on any atom is -0.322 e. The van der Waals surface area contributed by atoms with E-state index in [9.17, 15) is 0 Å². The van der Waals surface area contributed by atoms with Gasteiger partial charge in [-0.2, -0.15) is 0 Å². The number of fused-ring (bicyclic) bond motifs is 1. The van der Waals surface area contributed by atoms with Gasteiger partial charge in [0, 0.05) is 11.6 Å². The first-order valence-electron chi connectivity index (χ1n) is 8.70. The smallest absolute Gasteiger partial charge is 0.127 e. The first-order valence-corrected chi connectivity index (χ1v) is 9.07. The Labute approximate surface area is 158 Å². The number of halogens is 1. The largest absolute Gasteiger partial charge is 0.322 e. The van der Waals surface area contributed by atoms with Crippen molar-refractivity contribution in [2.24, 2.45) is 5.73 Å². The molecule has 0 bridgehead atoms. The first kappa shape index (κ1) is 16.8. The third-order valence-electron chi connectivity index (χ3n) is 4.57. The van der Waals surface area contributed by atoms with Crippen LogP contribution in [0, 0.1) is 0 Å². The molecule has 0 radical (unpaired) electrons. The molecule has 26 heavy (non-hydrogen) atoms. The highest BCUT2D eigenvalue weighted by atomic mass is 35.5. The molecule has 0 amide bonds. The highest BCUT2D eigenvalue weighted by Gasteiger charge is 2.17. The summed E-state index contributed by atoms with van der Waals surface area (Å²) < 4.78 is 2.21. The highest BCUT2D eigenvalue weighted by molar-refractivity contribution is 6.30. The molecular weight excluding hydrogens is 342 g/mol. The molecule has 3 aromatic carbocycles. The van der Waals surface area contributed by atoms with E-state index in [4.69, 9.17) is 22.3 Å². The third-order valence-corrected chi connectivity index (χ3v) is 4.82. The average Bonchev–Trinajstić information content (AvgIpc) is 3.03. The molecule has 0 spiro atoms. The van der Waals surface area contributed by atoms with Crippen molar-refractivity contribution >= 4 is 22.6 Å². The van der Waals surface area contributed by atoms with Crippen LogP contribution < -0.4 is 5.73 Å². The predicted molar refractivity (Wildman–Crippen MR) is 107 cm³/mol. The Balaban J connectivity index is 1.72. The van der Waals surface area contributed by atoms with Crippen LogP contribution in [0.5, 0.6) is 0 Å². The Bertz CT molecular complexity index is 1010. The van der Waals surface area contributed by atoms with Gasteiger partial charge in [-0.05, 0) is 41.8 Å². The molecule has 130 valence electrons. The van der Waals surface area contributed by atoms with Crippen molar-refractivity contribution in [2.45, 2.75) is 19.0 Å². The summed E-state index contributed by atoms with van der Waals surface area (Å²) in [6, 6.07) is 26.2. The van der Waals surface area contributed by atoms with E-state index in [1.807, 2.05) is 60.7 Å². The minimum absolute atomic E-state index is 0.169. The lowest BCUT2D eigenvalue weighted by molar-refractivity contribution is 0.618. The van der Waals surface area contributed by atoms with Crippen LogP contribution in [0.3, 0.4) is 0 Å². The van der Waals surface area contributed by atoms with Gasteiger partial charge >= 0.3 is 0 Å². The van der Waals surface area contributed by atoms with Gasteiger partial charge in [0.25, 0.3) is 0 Å². The Kier molecular flexibility index (Phi) is 4.74. The molecule has 1 heterocycles. The molecule has 3 nitrogen and oxygen atoms in total. The van der Waals surface area contributed by atoms with Gasteiger partial charge in [-0.25, -0.2) is 4.98 Å². The summed E-state index contributed by atoms with van der Waals surface area (Å²) in [6.07, 6.45) is 0.755. The van der Waals surface area contributed by atoms with Gasteiger partial charge in [0.15, 0.2) is 0 Å². The molecule has 0 aliphatic rings. The number of rotatable bonds is 5. The number of imidazole rings is 1. The average molecular weight is 362 g/mol. The lowest BCUT2D eigenvalue weighted by atomic mass is 10.1. The Morgan fingerprint density at radius 3 is 2.31 bits per heavy atom. The lowest BCUT2D eigenvalue weighted by Gasteiger charge is -2.15. The third kappa shape index (κ3) is 3.50. The Morgan fingerprint density at radius 1 is 0.846 bits per heavy atom. The lowest BCUT2D eigenvalue weighted by Crippen LogP contribution is -2.19. The van der Waals surface area contributed by atoms with E-state index < -0.39 is 0 Å². The predicted octanol–water partition coefficient (Wildman–Crippen LogP) is 4.98. The molecule has 4 heteroatoms. The zero-order valence-corrected chi connectivity index (χ0v) is 15.1. The topological polar surface area (TPSA) is 43.8 Å². The van der Waals surface area contributed by atoms with E-state index in [0.717, 1.165) is 34.8 Å². The van der Waals surface area contributed by atoms with E-state index in [2.05, 4.69) is 22.8 Å². The van der Waals surface area contributed by atoms with Crippen molar-refractivity contribution in [1.29, 1.82) is 0 Å². The fourth-order valence-electron chi connectivity index (χ4n) is 3.28. The summed E-state index contributed by atoms with van der Waals surface area (Å²) in [7, 11) is 0. The number of hydrogen-bond acceptors (Lipinski definition) is 2. The van der Waals surface area contributed by atoms with Crippen LogP contribution in [0.25, 0.3) is 11.0 Å². The van der Waals surface area contributed by atoms with Crippen LogP contribution in [-0.4, -0.2) is 9.55 Å². The first-order chi connectivity index (χ1) is 12.7. The summed E-state index contributed by atoms with van der Waals surface area (Å²) in [5.41, 5.74) is 11.0. The van der Waals surface area contributed by atoms with Crippen molar-refractivity contribution in [3.63, 3.8) is 0 Å². The standard InChI is InChI=1S/C22H20ClN3/c23-18-12-10-17(11-13-18)15-26-21-9-5-4-8-20(21)25-22(26)19(24)14-16-6-2-1-3-7-16/h1-13,19H,14-15,24H2. The summed E-state index contributed by atoms with van der Waals surface area (Å²) in [5, 5.41) is 0.741. The van der Waals surface area contributed by atoms with E-state index >= 15 is 0 Å². The SMILES string of the molecule is NC(Cc1ccccc1)c1nc2ccccc2n1Cc1ccc(Cl)cc1. The van der Waals surface area contributed by atoms with E-state index in [0.29, 0.717) is 0 Å². The second kappa shape index (κ2) is 7.32. The Hall–Kier alpha value is -2.62. The van der Waals surface area contributed by atoms with Crippen molar-refractivity contribution in [3.8, 4) is 0 Å². The fraction of sp³-hybridized carbons (Fsp3) is 0.136. The number of hydrogen-bond donors (Lipinski definition) is 1. The summed E-state index contributed by atoms with van der Waals surface area (Å²) in [6.45, 7) is 0.718. The van der Waals surface area contributed by atoms with Crippen molar-refractivity contribution in [1.82, 2.24) is 9.55 Å². The van der Waals surface area contributed by atoms with Crippen LogP contribution in [0.15, 0.2) is 78.9 Å². The summed E-state index contributed by atoms with van der Waals surface area (Å²) in [4.78, 5) is 4.83. The summed E-state index contributed by atoms with van der Waals surface area (Å²) in [5.74, 6) is 0.907. The normalized spacial score (nSPS) is 12.4. The van der Waals surface area contributed by atoms with Crippen molar-refractivity contribution in [3.05, 3.63) is 101 Å². The molecule has 2 N–H and O–H groups in total. The quantitative estimate of drug-likeness (QED) is 0.544. The molecule has 0 fully saturated rings. The zero-order chi connectivity index (χ0) is 17.9. The highest BCUT2D eigenvalue weighted by Crippen LogP contribution is 2.24. The van der Waals surface area contributed by atoms with E-state index in [-0.39, 0.29) is 6.04 Å². The molecule has 0 saturated carbocycles. The fourth-order valence-corrected chi connectivity index (χ4v) is 3.40. The van der Waals surface area contributed by atoms with Crippen LogP contribution >= 0.6 is 11.6 Å². The molecule has 0 aliphatic carbocycles. The number of aromatic nitrogens is 2. The van der Waals surface area contributed by atoms with Gasteiger partial charge in [-0.3, -0.25) is 0 Å². The maximum absolute atomic E-state index is 6.57. The van der Waals surface area contributed by atoms with Crippen LogP contribution in [0.1, 0.15) is 23.0 Å². The summed E-state index contributed by atoms with van der Waals surface area (Å²) >= 11 is 6.02. The van der Waals surface area contributed by atoms with E-state index in [1.165, 1.54) is 11.1 Å². The zero-order valence-electron chi connectivity index (χ0n) is 14.3. The number of benzene rings is 3. The monoisotopic (exact) mass is 361 g/mol. The number of nitrogens with zero attached hydrogens (tertiary/aromatic N) is 2. The molecule has 4 rings (SSSR count). The second-order valence-corrected chi connectivity index (χ2v) is 6.90. The van der Waals surface area contributed by atoms with Crippen molar-refractivity contribution < 1.29 is 0 Å². The second-order valence-electron chi connectivity index (χ2n) is 6.47. The van der Waals surface area contributed by atoms with Gasteiger partial charge in [0.2, 0.25) is 0 Å². The van der Waals surface area contributed by atoms with Gasteiger partial charge in [0.1, 0.15) is 5.82 Å². The van der Waals surface area contributed by atoms with Gasteiger partial charge in [-0.1, -0.05) is 66.2 Å². The Morgan fingerprint density at radius 2 is 1.54 bits per heavy atom. The molecule has 1 unspecified atom stereocenters. The van der Waals surface area contributed by atoms with Gasteiger partial charge in [-0.15, -0.1) is 0 Å². The maximum Gasteiger partial charge on any atom is 0.127 e. The molecule has 1 aromatic heterocycles. The van der Waals surface area contributed by atoms with Crippen molar-refractivity contribution in [2.75, 3.05) is 0 Å². The molecule has 1 atom stereocenters. The minimum atomic E-state index is -0.169. The van der Waals surface area contributed by atoms with Gasteiger partial charge < -0.3 is 10.3 Å².